The fourth-order valence-electron chi connectivity index (χ4n) is 5.00. The molecule has 214 valence electrons. The van der Waals surface area contributed by atoms with Crippen LogP contribution in [-0.4, -0.2) is 72.5 Å². The highest BCUT2D eigenvalue weighted by Gasteiger charge is 2.18. The smallest absolute Gasteiger partial charge is 0.251 e. The summed E-state index contributed by atoms with van der Waals surface area (Å²) in [7, 11) is 0. The van der Waals surface area contributed by atoms with Crippen LogP contribution in [0.25, 0.3) is 0 Å². The van der Waals surface area contributed by atoms with E-state index in [0.29, 0.717) is 75.0 Å². The van der Waals surface area contributed by atoms with Crippen LogP contribution in [0.4, 0.5) is 23.5 Å². The zero-order valence-electron chi connectivity index (χ0n) is 22.9. The molecule has 1 amide bonds. The molecule has 0 spiro atoms. The fraction of sp³-hybridized carbons (Fsp3) is 0.643. The van der Waals surface area contributed by atoms with Gasteiger partial charge in [-0.3, -0.25) is 4.79 Å². The number of hydrogen-bond acceptors (Lipinski definition) is 10. The summed E-state index contributed by atoms with van der Waals surface area (Å²) in [6, 6.07) is 8.05. The molecular formula is C28H44N8O3. The van der Waals surface area contributed by atoms with Gasteiger partial charge in [-0.05, 0) is 49.9 Å². The first kappa shape index (κ1) is 29.0. The number of ether oxygens (including phenoxy) is 2. The SMILES string of the molecule is NCCOCCOCCNC(=O)c1ccc(Nc2nc(NC3CCCCC3)nc(NC3CCCCC3)n2)cc1. The summed E-state index contributed by atoms with van der Waals surface area (Å²) < 4.78 is 10.7. The molecule has 2 aromatic rings. The highest BCUT2D eigenvalue weighted by Crippen LogP contribution is 2.24. The van der Waals surface area contributed by atoms with E-state index >= 15 is 0 Å². The Balaban J connectivity index is 1.32. The number of amides is 1. The van der Waals surface area contributed by atoms with E-state index in [1.54, 1.807) is 12.1 Å². The van der Waals surface area contributed by atoms with E-state index in [1.165, 1.54) is 38.5 Å². The second-order valence-electron chi connectivity index (χ2n) is 10.2. The summed E-state index contributed by atoms with van der Waals surface area (Å²) >= 11 is 0. The number of rotatable bonds is 15. The standard InChI is InChI=1S/C28H44N8O3/c29-15-17-38-19-20-39-18-16-30-25(37)21-11-13-24(14-12-21)33-28-35-26(31-22-7-3-1-4-8-22)34-27(36-28)32-23-9-5-2-6-10-23/h11-14,22-23H,1-10,15-20,29H2,(H,30,37)(H3,31,32,33,34,35,36). The molecule has 0 saturated heterocycles. The highest BCUT2D eigenvalue weighted by molar-refractivity contribution is 5.94. The number of nitrogens with one attached hydrogen (secondary N) is 4. The molecule has 2 aliphatic carbocycles. The van der Waals surface area contributed by atoms with Crippen molar-refractivity contribution in [3.8, 4) is 0 Å². The van der Waals surface area contributed by atoms with Crippen molar-refractivity contribution in [2.24, 2.45) is 5.73 Å². The van der Waals surface area contributed by atoms with E-state index in [2.05, 4.69) is 31.2 Å². The molecule has 1 aromatic heterocycles. The third-order valence-electron chi connectivity index (χ3n) is 7.08. The molecule has 1 heterocycles. The fourth-order valence-corrected chi connectivity index (χ4v) is 5.00. The molecule has 2 fully saturated rings. The Hall–Kier alpha value is -3.02. The number of carbonyl (C=O) groups excluding carboxylic acids is 1. The van der Waals surface area contributed by atoms with E-state index in [1.807, 2.05) is 12.1 Å². The lowest BCUT2D eigenvalue weighted by atomic mass is 9.96. The van der Waals surface area contributed by atoms with Crippen molar-refractivity contribution in [1.29, 1.82) is 0 Å². The molecule has 0 atom stereocenters. The van der Waals surface area contributed by atoms with E-state index in [9.17, 15) is 4.79 Å². The molecular weight excluding hydrogens is 496 g/mol. The molecule has 0 unspecified atom stereocenters. The monoisotopic (exact) mass is 540 g/mol. The molecule has 0 aliphatic heterocycles. The molecule has 2 saturated carbocycles. The lowest BCUT2D eigenvalue weighted by molar-refractivity contribution is 0.0511. The Morgan fingerprint density at radius 1 is 0.744 bits per heavy atom. The summed E-state index contributed by atoms with van der Waals surface area (Å²) in [6.45, 7) is 2.84. The van der Waals surface area contributed by atoms with Crippen LogP contribution in [0.3, 0.4) is 0 Å². The molecule has 11 heteroatoms. The van der Waals surface area contributed by atoms with Crippen LogP contribution < -0.4 is 27.0 Å². The number of aromatic nitrogens is 3. The number of hydrogen-bond donors (Lipinski definition) is 5. The first-order chi connectivity index (χ1) is 19.2. The molecule has 11 nitrogen and oxygen atoms in total. The molecule has 0 bridgehead atoms. The van der Waals surface area contributed by atoms with Crippen LogP contribution in [0.5, 0.6) is 0 Å². The van der Waals surface area contributed by atoms with E-state index in [0.717, 1.165) is 31.4 Å². The van der Waals surface area contributed by atoms with Crippen LogP contribution in [-0.2, 0) is 9.47 Å². The number of carbonyl (C=O) groups is 1. The Morgan fingerprint density at radius 2 is 1.28 bits per heavy atom. The van der Waals surface area contributed by atoms with Gasteiger partial charge in [0.05, 0.1) is 26.4 Å². The first-order valence-corrected chi connectivity index (χ1v) is 14.5. The zero-order valence-corrected chi connectivity index (χ0v) is 22.9. The van der Waals surface area contributed by atoms with Gasteiger partial charge in [-0.1, -0.05) is 38.5 Å². The third kappa shape index (κ3) is 10.2. The zero-order chi connectivity index (χ0) is 27.1. The van der Waals surface area contributed by atoms with Crippen molar-refractivity contribution in [2.45, 2.75) is 76.3 Å². The molecule has 4 rings (SSSR count). The summed E-state index contributed by atoms with van der Waals surface area (Å²) in [5.74, 6) is 1.53. The summed E-state index contributed by atoms with van der Waals surface area (Å²) in [5, 5.41) is 13.2. The number of anilines is 4. The first-order valence-electron chi connectivity index (χ1n) is 14.5. The number of nitrogens with zero attached hydrogens (tertiary/aromatic N) is 3. The van der Waals surface area contributed by atoms with Gasteiger partial charge in [0.25, 0.3) is 5.91 Å². The minimum Gasteiger partial charge on any atom is -0.378 e. The maximum atomic E-state index is 12.5. The van der Waals surface area contributed by atoms with Gasteiger partial charge in [0.15, 0.2) is 0 Å². The van der Waals surface area contributed by atoms with E-state index < -0.39 is 0 Å². The predicted molar refractivity (Wildman–Crippen MR) is 154 cm³/mol. The Labute approximate surface area is 231 Å². The van der Waals surface area contributed by atoms with Crippen LogP contribution in [0.1, 0.15) is 74.6 Å². The maximum absolute atomic E-state index is 12.5. The third-order valence-corrected chi connectivity index (χ3v) is 7.08. The van der Waals surface area contributed by atoms with Gasteiger partial charge in [0.1, 0.15) is 0 Å². The van der Waals surface area contributed by atoms with Crippen molar-refractivity contribution in [3.63, 3.8) is 0 Å². The molecule has 39 heavy (non-hydrogen) atoms. The normalized spacial score (nSPS) is 16.5. The number of nitrogens with two attached hydrogens (primary N) is 1. The van der Waals surface area contributed by atoms with Crippen LogP contribution in [0.2, 0.25) is 0 Å². The van der Waals surface area contributed by atoms with Crippen molar-refractivity contribution in [1.82, 2.24) is 20.3 Å². The average Bonchev–Trinajstić information content (AvgIpc) is 2.96. The lowest BCUT2D eigenvalue weighted by Crippen LogP contribution is -2.27. The van der Waals surface area contributed by atoms with E-state index in [-0.39, 0.29) is 5.91 Å². The summed E-state index contributed by atoms with van der Waals surface area (Å²) in [5.41, 5.74) is 6.74. The van der Waals surface area contributed by atoms with Crippen molar-refractivity contribution in [3.05, 3.63) is 29.8 Å². The Morgan fingerprint density at radius 3 is 1.85 bits per heavy atom. The largest absolute Gasteiger partial charge is 0.378 e. The van der Waals surface area contributed by atoms with E-state index in [4.69, 9.17) is 20.2 Å². The van der Waals surface area contributed by atoms with Crippen LogP contribution in [0.15, 0.2) is 24.3 Å². The van der Waals surface area contributed by atoms with Crippen molar-refractivity contribution < 1.29 is 14.3 Å². The van der Waals surface area contributed by atoms with Crippen LogP contribution in [0, 0.1) is 0 Å². The molecule has 6 N–H and O–H groups in total. The van der Waals surface area contributed by atoms with Gasteiger partial charge >= 0.3 is 0 Å². The average molecular weight is 541 g/mol. The molecule has 2 aliphatic rings. The molecule has 0 radical (unpaired) electrons. The minimum absolute atomic E-state index is 0.150. The highest BCUT2D eigenvalue weighted by atomic mass is 16.5. The quantitative estimate of drug-likeness (QED) is 0.211. The topological polar surface area (TPSA) is 148 Å². The minimum atomic E-state index is -0.150. The number of benzene rings is 1. The van der Waals surface area contributed by atoms with Gasteiger partial charge in [-0.2, -0.15) is 15.0 Å². The Bertz CT molecular complexity index is 957. The van der Waals surface area contributed by atoms with Crippen molar-refractivity contribution in [2.75, 3.05) is 55.5 Å². The van der Waals surface area contributed by atoms with Gasteiger partial charge in [-0.25, -0.2) is 0 Å². The Kier molecular flexibility index (Phi) is 12.0. The van der Waals surface area contributed by atoms with Crippen molar-refractivity contribution >= 4 is 29.4 Å². The van der Waals surface area contributed by atoms with Gasteiger partial charge in [0, 0.05) is 36.4 Å². The predicted octanol–water partition coefficient (Wildman–Crippen LogP) is 3.83. The van der Waals surface area contributed by atoms with Crippen LogP contribution >= 0.6 is 0 Å². The molecule has 1 aromatic carbocycles. The summed E-state index contributed by atoms with van der Waals surface area (Å²) in [4.78, 5) is 26.5. The lowest BCUT2D eigenvalue weighted by Gasteiger charge is -2.25. The summed E-state index contributed by atoms with van der Waals surface area (Å²) in [6.07, 6.45) is 12.1. The second-order valence-corrected chi connectivity index (χ2v) is 10.2. The van der Waals surface area contributed by atoms with Gasteiger partial charge < -0.3 is 36.5 Å². The van der Waals surface area contributed by atoms with Gasteiger partial charge in [-0.15, -0.1) is 0 Å². The maximum Gasteiger partial charge on any atom is 0.251 e. The second kappa shape index (κ2) is 16.2. The van der Waals surface area contributed by atoms with Gasteiger partial charge in [0.2, 0.25) is 17.8 Å².